The second-order valence-corrected chi connectivity index (χ2v) is 9.12. The van der Waals surface area contributed by atoms with Crippen LogP contribution < -0.4 is 14.8 Å². The number of nitrogens with one attached hydrogen (secondary N) is 1. The second-order valence-electron chi connectivity index (χ2n) is 9.12. The molecule has 1 saturated heterocycles. The molecule has 2 amide bonds. The minimum atomic E-state index is -2.86. The van der Waals surface area contributed by atoms with E-state index in [2.05, 4.69) is 15.2 Å². The van der Waals surface area contributed by atoms with Crippen LogP contribution in [0.4, 0.5) is 19.3 Å². The Labute approximate surface area is 216 Å². The summed E-state index contributed by atoms with van der Waals surface area (Å²) in [4.78, 5) is 21.8. The number of aryl methyl sites for hydroxylation is 1. The van der Waals surface area contributed by atoms with E-state index < -0.39 is 6.61 Å². The molecule has 1 aromatic heterocycles. The molecule has 7 nitrogen and oxygen atoms in total. The van der Waals surface area contributed by atoms with Gasteiger partial charge < -0.3 is 19.7 Å². The highest BCUT2D eigenvalue weighted by Gasteiger charge is 2.29. The van der Waals surface area contributed by atoms with E-state index in [4.69, 9.17) is 9.47 Å². The fourth-order valence-corrected chi connectivity index (χ4v) is 4.64. The molecular formula is C28H32F2N4O3. The van der Waals surface area contributed by atoms with Crippen molar-refractivity contribution < 1.29 is 23.0 Å². The molecule has 3 aromatic rings. The summed E-state index contributed by atoms with van der Waals surface area (Å²) in [5.74, 6) is 0.795. The van der Waals surface area contributed by atoms with Gasteiger partial charge in [0.15, 0.2) is 0 Å². The first-order valence-electron chi connectivity index (χ1n) is 12.3. The van der Waals surface area contributed by atoms with E-state index in [1.807, 2.05) is 48.2 Å². The number of aromatic nitrogens is 1. The summed E-state index contributed by atoms with van der Waals surface area (Å²) < 4.78 is 35.7. The van der Waals surface area contributed by atoms with Crippen LogP contribution in [-0.2, 0) is 13.1 Å². The number of ether oxygens (including phenoxy) is 2. The molecule has 0 spiro atoms. The molecule has 0 bridgehead atoms. The Bertz CT molecular complexity index is 1170. The van der Waals surface area contributed by atoms with Crippen molar-refractivity contribution in [3.8, 4) is 11.5 Å². The Morgan fingerprint density at radius 1 is 1.14 bits per heavy atom. The van der Waals surface area contributed by atoms with Gasteiger partial charge >= 0.3 is 12.6 Å². The Morgan fingerprint density at radius 2 is 1.92 bits per heavy atom. The molecule has 9 heteroatoms. The third-order valence-corrected chi connectivity index (χ3v) is 6.51. The van der Waals surface area contributed by atoms with Crippen molar-refractivity contribution >= 4 is 11.7 Å². The van der Waals surface area contributed by atoms with Crippen molar-refractivity contribution in [2.45, 2.75) is 45.5 Å². The van der Waals surface area contributed by atoms with Gasteiger partial charge in [-0.25, -0.2) is 4.79 Å². The van der Waals surface area contributed by atoms with Gasteiger partial charge in [0.05, 0.1) is 12.8 Å². The number of carbonyl (C=O) groups is 1. The number of likely N-dealkylation sites (tertiary alicyclic amines) is 1. The van der Waals surface area contributed by atoms with Crippen LogP contribution in [0, 0.1) is 6.92 Å². The summed E-state index contributed by atoms with van der Waals surface area (Å²) in [5.41, 5.74) is 3.29. The molecule has 0 aliphatic carbocycles. The maximum atomic E-state index is 13.6. The number of rotatable bonds is 9. The predicted octanol–water partition coefficient (Wildman–Crippen LogP) is 5.70. The summed E-state index contributed by atoms with van der Waals surface area (Å²) in [5, 5.41) is 3.04. The zero-order valence-corrected chi connectivity index (χ0v) is 21.1. The molecule has 37 heavy (non-hydrogen) atoms. The molecule has 1 fully saturated rings. The van der Waals surface area contributed by atoms with Gasteiger partial charge in [-0.1, -0.05) is 30.3 Å². The minimum Gasteiger partial charge on any atom is -0.495 e. The summed E-state index contributed by atoms with van der Waals surface area (Å²) in [6.45, 7) is 1.46. The molecular weight excluding hydrogens is 478 g/mol. The number of alkyl halides is 2. The predicted molar refractivity (Wildman–Crippen MR) is 138 cm³/mol. The maximum absolute atomic E-state index is 13.6. The molecule has 1 aliphatic heterocycles. The number of anilines is 1. The van der Waals surface area contributed by atoms with Crippen molar-refractivity contribution in [3.05, 3.63) is 83.7 Å². The minimum absolute atomic E-state index is 0.000169. The Morgan fingerprint density at radius 3 is 2.62 bits per heavy atom. The van der Waals surface area contributed by atoms with E-state index in [1.165, 1.54) is 0 Å². The molecule has 4 rings (SSSR count). The smallest absolute Gasteiger partial charge is 0.387 e. The van der Waals surface area contributed by atoms with Crippen LogP contribution in [0.25, 0.3) is 0 Å². The van der Waals surface area contributed by atoms with E-state index in [9.17, 15) is 13.6 Å². The summed E-state index contributed by atoms with van der Waals surface area (Å²) >= 11 is 0. The molecule has 2 heterocycles. The average molecular weight is 511 g/mol. The van der Waals surface area contributed by atoms with Gasteiger partial charge in [0.25, 0.3) is 0 Å². The number of hydrogen-bond donors (Lipinski definition) is 1. The number of methoxy groups -OCH3 is 1. The van der Waals surface area contributed by atoms with Crippen molar-refractivity contribution in [1.82, 2.24) is 14.8 Å². The molecule has 2 aromatic carbocycles. The van der Waals surface area contributed by atoms with Gasteiger partial charge in [-0.2, -0.15) is 8.78 Å². The van der Waals surface area contributed by atoms with Crippen molar-refractivity contribution in [3.63, 3.8) is 0 Å². The number of para-hydroxylation sites is 1. The Kier molecular flexibility index (Phi) is 8.90. The van der Waals surface area contributed by atoms with Gasteiger partial charge in [0.2, 0.25) is 0 Å². The third kappa shape index (κ3) is 7.16. The van der Waals surface area contributed by atoms with E-state index in [1.54, 1.807) is 37.7 Å². The van der Waals surface area contributed by atoms with E-state index in [0.29, 0.717) is 24.5 Å². The molecule has 196 valence electrons. The molecule has 0 saturated carbocycles. The van der Waals surface area contributed by atoms with Crippen molar-refractivity contribution in [2.24, 2.45) is 0 Å². The topological polar surface area (TPSA) is 66.9 Å². The molecule has 1 N–H and O–H groups in total. The lowest BCUT2D eigenvalue weighted by Gasteiger charge is -2.38. The van der Waals surface area contributed by atoms with Crippen LogP contribution in [0.2, 0.25) is 0 Å². The van der Waals surface area contributed by atoms with E-state index in [0.717, 1.165) is 42.6 Å². The van der Waals surface area contributed by atoms with Gasteiger partial charge in [-0.3, -0.25) is 9.88 Å². The van der Waals surface area contributed by atoms with Gasteiger partial charge in [-0.05, 0) is 55.2 Å². The fraction of sp³-hybridized carbons (Fsp3) is 0.357. The van der Waals surface area contributed by atoms with Crippen LogP contribution in [0.3, 0.4) is 0 Å². The number of carbonyl (C=O) groups excluding carboxylic acids is 1. The summed E-state index contributed by atoms with van der Waals surface area (Å²) in [6.07, 6.45) is 4.97. The second kappa shape index (κ2) is 12.5. The first-order valence-corrected chi connectivity index (χ1v) is 12.3. The number of halogens is 2. The highest BCUT2D eigenvalue weighted by molar-refractivity contribution is 5.91. The first kappa shape index (κ1) is 26.3. The number of amides is 2. The lowest BCUT2D eigenvalue weighted by molar-refractivity contribution is -0.0508. The van der Waals surface area contributed by atoms with Gasteiger partial charge in [0.1, 0.15) is 11.5 Å². The number of pyridine rings is 1. The standard InChI is InChI=1S/C28H32F2N4O3/c1-20-9-10-26(36-2)24(16-20)32-28(35)34(18-21-6-5-13-31-17-21)23-11-14-33(15-12-23)19-22-7-3-4-8-25(22)37-27(29)30/h3-10,13,16-17,23,27H,11-12,14-15,18-19H2,1-2H3,(H,32,35). The zero-order chi connectivity index (χ0) is 26.2. The number of urea groups is 1. The molecule has 0 radical (unpaired) electrons. The maximum Gasteiger partial charge on any atom is 0.387 e. The Balaban J connectivity index is 1.46. The molecule has 1 aliphatic rings. The fourth-order valence-electron chi connectivity index (χ4n) is 4.64. The number of piperidine rings is 1. The van der Waals surface area contributed by atoms with Crippen LogP contribution >= 0.6 is 0 Å². The number of hydrogen-bond acceptors (Lipinski definition) is 5. The van der Waals surface area contributed by atoms with E-state index >= 15 is 0 Å². The van der Waals surface area contributed by atoms with Crippen molar-refractivity contribution in [2.75, 3.05) is 25.5 Å². The average Bonchev–Trinajstić information content (AvgIpc) is 2.89. The number of benzene rings is 2. The molecule has 0 unspecified atom stereocenters. The zero-order valence-electron chi connectivity index (χ0n) is 21.1. The summed E-state index contributed by atoms with van der Waals surface area (Å²) in [6, 6.07) is 16.1. The first-order chi connectivity index (χ1) is 17.9. The number of nitrogens with zero attached hydrogens (tertiary/aromatic N) is 3. The lowest BCUT2D eigenvalue weighted by Crippen LogP contribution is -2.48. The van der Waals surface area contributed by atoms with E-state index in [-0.39, 0.29) is 17.8 Å². The summed E-state index contributed by atoms with van der Waals surface area (Å²) in [7, 11) is 1.58. The normalized spacial score (nSPS) is 14.4. The highest BCUT2D eigenvalue weighted by atomic mass is 19.3. The van der Waals surface area contributed by atoms with Crippen LogP contribution in [-0.4, -0.2) is 53.7 Å². The Hall–Kier alpha value is -3.72. The SMILES string of the molecule is COc1ccc(C)cc1NC(=O)N(Cc1cccnc1)C1CCN(Cc2ccccc2OC(F)F)CC1. The van der Waals surface area contributed by atoms with Gasteiger partial charge in [0, 0.05) is 50.2 Å². The quantitative estimate of drug-likeness (QED) is 0.400. The van der Waals surface area contributed by atoms with Crippen LogP contribution in [0.1, 0.15) is 29.5 Å². The highest BCUT2D eigenvalue weighted by Crippen LogP contribution is 2.28. The van der Waals surface area contributed by atoms with Crippen LogP contribution in [0.15, 0.2) is 67.0 Å². The van der Waals surface area contributed by atoms with Crippen LogP contribution in [0.5, 0.6) is 11.5 Å². The van der Waals surface area contributed by atoms with Crippen molar-refractivity contribution in [1.29, 1.82) is 0 Å². The molecule has 0 atom stereocenters. The lowest BCUT2D eigenvalue weighted by atomic mass is 10.0. The third-order valence-electron chi connectivity index (χ3n) is 6.51. The van der Waals surface area contributed by atoms with Gasteiger partial charge in [-0.15, -0.1) is 0 Å². The monoisotopic (exact) mass is 510 g/mol. The largest absolute Gasteiger partial charge is 0.495 e.